The van der Waals surface area contributed by atoms with Gasteiger partial charge in [0.05, 0.1) is 51.2 Å². The fraction of sp³-hybridized carbons (Fsp3) is 0.800. The normalized spacial score (nSPS) is 22.4. The van der Waals surface area contributed by atoms with Crippen molar-refractivity contribution in [2.75, 3.05) is 36.7 Å². The van der Waals surface area contributed by atoms with E-state index in [1.807, 2.05) is 6.26 Å². The van der Waals surface area contributed by atoms with Crippen molar-refractivity contribution in [1.82, 2.24) is 13.7 Å². The third-order valence-corrected chi connectivity index (χ3v) is 6.08. The molecule has 9 nitrogen and oxygen atoms in total. The van der Waals surface area contributed by atoms with Gasteiger partial charge in [-0.15, -0.1) is 0 Å². The Hall–Kier alpha value is -1.01. The van der Waals surface area contributed by atoms with Gasteiger partial charge < -0.3 is 14.6 Å². The second-order valence-corrected chi connectivity index (χ2v) is 8.45. The molecule has 1 N–H and O–H groups in total. The van der Waals surface area contributed by atoms with Crippen molar-refractivity contribution >= 4 is 23.5 Å². The van der Waals surface area contributed by atoms with Gasteiger partial charge in [0.25, 0.3) is 0 Å². The first-order chi connectivity index (χ1) is 12.5. The molecule has 0 aromatic carbocycles. The van der Waals surface area contributed by atoms with Crippen molar-refractivity contribution < 1.29 is 14.6 Å². The lowest BCUT2D eigenvalue weighted by Crippen LogP contribution is -2.56. The van der Waals surface area contributed by atoms with Crippen LogP contribution < -0.4 is 17.1 Å². The minimum Gasteiger partial charge on any atom is -0.390 e. The van der Waals surface area contributed by atoms with Crippen LogP contribution in [-0.4, -0.2) is 73.8 Å². The minimum absolute atomic E-state index is 0.113. The van der Waals surface area contributed by atoms with Gasteiger partial charge in [0, 0.05) is 17.3 Å². The second-order valence-electron chi connectivity index (χ2n) is 6.31. The molecule has 0 aliphatic carbocycles. The van der Waals surface area contributed by atoms with Gasteiger partial charge >= 0.3 is 17.1 Å². The maximum atomic E-state index is 12.6. The van der Waals surface area contributed by atoms with Gasteiger partial charge in [-0.25, -0.2) is 28.1 Å². The Morgan fingerprint density at radius 3 is 1.96 bits per heavy atom. The highest BCUT2D eigenvalue weighted by Crippen LogP contribution is 2.11. The Morgan fingerprint density at radius 2 is 1.50 bits per heavy atom. The monoisotopic (exact) mass is 405 g/mol. The highest BCUT2D eigenvalue weighted by atomic mass is 32.2. The molecule has 2 aliphatic rings. The lowest BCUT2D eigenvalue weighted by Gasteiger charge is -2.15. The van der Waals surface area contributed by atoms with Gasteiger partial charge in [-0.05, 0) is 6.26 Å². The first-order valence-electron chi connectivity index (χ1n) is 8.43. The lowest BCUT2D eigenvalue weighted by molar-refractivity contribution is 0.170. The van der Waals surface area contributed by atoms with E-state index < -0.39 is 23.2 Å². The number of epoxide rings is 2. The number of nitrogens with zero attached hydrogens (tertiary/aromatic N) is 3. The second kappa shape index (κ2) is 8.79. The third kappa shape index (κ3) is 5.03. The van der Waals surface area contributed by atoms with Crippen LogP contribution in [0.5, 0.6) is 0 Å². The standard InChI is InChI=1S/C15H23N3O6S2/c1-25-2-3-26-9-10(19)4-16-13(20)17(5-11-7-23-11)15(22)18(14(16)21)6-12-8-24-12/h10-12,19H,2-9H2,1H3. The van der Waals surface area contributed by atoms with E-state index in [-0.39, 0.29) is 31.8 Å². The van der Waals surface area contributed by atoms with Crippen LogP contribution in [0.1, 0.15) is 0 Å². The van der Waals surface area contributed by atoms with Crippen LogP contribution in [0.3, 0.4) is 0 Å². The molecule has 3 unspecified atom stereocenters. The summed E-state index contributed by atoms with van der Waals surface area (Å²) >= 11 is 3.28. The van der Waals surface area contributed by atoms with Crippen LogP contribution in [0.4, 0.5) is 0 Å². The highest BCUT2D eigenvalue weighted by molar-refractivity contribution is 8.02. The average Bonchev–Trinajstić information content (AvgIpc) is 3.52. The Balaban J connectivity index is 1.83. The molecule has 0 amide bonds. The number of rotatable bonds is 11. The van der Waals surface area contributed by atoms with Gasteiger partial charge in [0.15, 0.2) is 0 Å². The summed E-state index contributed by atoms with van der Waals surface area (Å²) in [5.41, 5.74) is -2.04. The van der Waals surface area contributed by atoms with Gasteiger partial charge in [0.2, 0.25) is 0 Å². The van der Waals surface area contributed by atoms with Gasteiger partial charge in [-0.3, -0.25) is 0 Å². The van der Waals surface area contributed by atoms with Crippen molar-refractivity contribution in [3.8, 4) is 0 Å². The van der Waals surface area contributed by atoms with Gasteiger partial charge in [-0.2, -0.15) is 23.5 Å². The first-order valence-corrected chi connectivity index (χ1v) is 11.0. The molecule has 11 heteroatoms. The molecule has 3 rings (SSSR count). The Morgan fingerprint density at radius 1 is 1.00 bits per heavy atom. The molecule has 0 bridgehead atoms. The summed E-state index contributed by atoms with van der Waals surface area (Å²) in [6, 6.07) is 0. The van der Waals surface area contributed by atoms with Crippen molar-refractivity contribution in [1.29, 1.82) is 0 Å². The van der Waals surface area contributed by atoms with Crippen LogP contribution >= 0.6 is 23.5 Å². The van der Waals surface area contributed by atoms with E-state index in [2.05, 4.69) is 0 Å². The van der Waals surface area contributed by atoms with Gasteiger partial charge in [-0.1, -0.05) is 0 Å². The summed E-state index contributed by atoms with van der Waals surface area (Å²) in [5.74, 6) is 2.27. The molecule has 0 spiro atoms. The summed E-state index contributed by atoms with van der Waals surface area (Å²) in [7, 11) is 0. The Labute approximate surface area is 158 Å². The zero-order valence-electron chi connectivity index (χ0n) is 14.5. The number of ether oxygens (including phenoxy) is 2. The van der Waals surface area contributed by atoms with Crippen molar-refractivity contribution in [3.05, 3.63) is 31.5 Å². The number of hydrogen-bond acceptors (Lipinski definition) is 8. The summed E-state index contributed by atoms with van der Waals surface area (Å²) < 4.78 is 13.2. The SMILES string of the molecule is CSCCSCC(O)Cn1c(=O)n(CC2CO2)c(=O)n(CC2CO2)c1=O. The highest BCUT2D eigenvalue weighted by Gasteiger charge is 2.29. The van der Waals surface area contributed by atoms with Crippen molar-refractivity contribution in [2.45, 2.75) is 37.9 Å². The lowest BCUT2D eigenvalue weighted by atomic mass is 10.4. The molecule has 2 fully saturated rings. The van der Waals surface area contributed by atoms with E-state index in [0.29, 0.717) is 19.0 Å². The molecule has 26 heavy (non-hydrogen) atoms. The third-order valence-electron chi connectivity index (χ3n) is 4.10. The summed E-state index contributed by atoms with van der Waals surface area (Å²) in [5, 5.41) is 10.2. The molecule has 2 saturated heterocycles. The molecule has 0 saturated carbocycles. The van der Waals surface area contributed by atoms with E-state index in [9.17, 15) is 19.5 Å². The number of hydrogen-bond donors (Lipinski definition) is 1. The fourth-order valence-corrected chi connectivity index (χ4v) is 4.21. The van der Waals surface area contributed by atoms with E-state index in [1.165, 1.54) is 0 Å². The number of aromatic nitrogens is 3. The van der Waals surface area contributed by atoms with E-state index >= 15 is 0 Å². The molecule has 146 valence electrons. The molecule has 3 heterocycles. The smallest absolute Gasteiger partial charge is 0.336 e. The Bertz CT molecular complexity index is 744. The largest absolute Gasteiger partial charge is 0.390 e. The summed E-state index contributed by atoms with van der Waals surface area (Å²) in [6.45, 7) is 1.07. The molecular formula is C15H23N3O6S2. The quantitative estimate of drug-likeness (QED) is 0.347. The van der Waals surface area contributed by atoms with Crippen LogP contribution in [0.15, 0.2) is 14.4 Å². The molecule has 1 aromatic rings. The zero-order valence-corrected chi connectivity index (χ0v) is 16.2. The molecular weight excluding hydrogens is 382 g/mol. The predicted molar refractivity (Wildman–Crippen MR) is 100 cm³/mol. The summed E-state index contributed by atoms with van der Waals surface area (Å²) in [6.07, 6.45) is 0.809. The maximum absolute atomic E-state index is 12.6. The Kier molecular flexibility index (Phi) is 6.67. The van der Waals surface area contributed by atoms with E-state index in [1.54, 1.807) is 23.5 Å². The molecule has 1 aromatic heterocycles. The number of thioether (sulfide) groups is 2. The van der Waals surface area contributed by atoms with E-state index in [4.69, 9.17) is 9.47 Å². The van der Waals surface area contributed by atoms with Crippen molar-refractivity contribution in [3.63, 3.8) is 0 Å². The van der Waals surface area contributed by atoms with Crippen LogP contribution in [0.25, 0.3) is 0 Å². The van der Waals surface area contributed by atoms with Gasteiger partial charge in [0.1, 0.15) is 0 Å². The number of aliphatic hydroxyl groups excluding tert-OH is 1. The fourth-order valence-electron chi connectivity index (χ4n) is 2.53. The van der Waals surface area contributed by atoms with Crippen LogP contribution in [0, 0.1) is 0 Å². The van der Waals surface area contributed by atoms with Crippen LogP contribution in [0.2, 0.25) is 0 Å². The van der Waals surface area contributed by atoms with Crippen molar-refractivity contribution in [2.24, 2.45) is 0 Å². The zero-order chi connectivity index (χ0) is 18.7. The first kappa shape index (κ1) is 19.7. The molecule has 2 aliphatic heterocycles. The molecule has 0 radical (unpaired) electrons. The molecule has 3 atom stereocenters. The number of aliphatic hydroxyl groups is 1. The van der Waals surface area contributed by atoms with E-state index in [0.717, 1.165) is 25.2 Å². The predicted octanol–water partition coefficient (Wildman–Crippen LogP) is -1.57. The topological polar surface area (TPSA) is 111 Å². The summed E-state index contributed by atoms with van der Waals surface area (Å²) in [4.78, 5) is 37.8. The maximum Gasteiger partial charge on any atom is 0.336 e. The van der Waals surface area contributed by atoms with Crippen LogP contribution in [-0.2, 0) is 29.1 Å². The average molecular weight is 405 g/mol. The minimum atomic E-state index is -0.846.